The number of rotatable bonds is 6. The molecule has 9 nitrogen and oxygen atoms in total. The van der Waals surface area contributed by atoms with Gasteiger partial charge in [0.05, 0.1) is 22.3 Å². The van der Waals surface area contributed by atoms with E-state index in [0.29, 0.717) is 41.8 Å². The summed E-state index contributed by atoms with van der Waals surface area (Å²) in [6.45, 7) is 14.9. The summed E-state index contributed by atoms with van der Waals surface area (Å²) >= 11 is 7.09. The standard InChI is InChI=1S/C31H40ClN7O2/c1-6-24(41)37-16-31(17-37)12-21(13-31)39-28(20-7-8-20)26(25-22(14-33)23(34)11-18(2)27(25)32)29(35-39)38-10-9-36(19(3)40)15-30(38,4)5/h6,11,14,20-21,33H,1,7-10,12-13,15-17,34H2,2-5H3. The minimum atomic E-state index is -0.369. The lowest BCUT2D eigenvalue weighted by molar-refractivity contribution is -0.149. The number of benzene rings is 1. The zero-order valence-corrected chi connectivity index (χ0v) is 25.2. The number of hydrogen-bond donors (Lipinski definition) is 2. The van der Waals surface area contributed by atoms with Gasteiger partial charge in [-0.1, -0.05) is 18.2 Å². The minimum Gasteiger partial charge on any atom is -0.398 e. The second kappa shape index (κ2) is 9.61. The number of likely N-dealkylation sites (tertiary alicyclic amines) is 1. The van der Waals surface area contributed by atoms with E-state index >= 15 is 0 Å². The van der Waals surface area contributed by atoms with E-state index in [1.165, 1.54) is 18.0 Å². The Morgan fingerprint density at radius 3 is 2.39 bits per heavy atom. The van der Waals surface area contributed by atoms with Crippen LogP contribution in [0.5, 0.6) is 0 Å². The number of piperazine rings is 1. The van der Waals surface area contributed by atoms with Gasteiger partial charge in [-0.25, -0.2) is 0 Å². The summed E-state index contributed by atoms with van der Waals surface area (Å²) in [5, 5.41) is 14.3. The van der Waals surface area contributed by atoms with Crippen molar-refractivity contribution in [1.29, 1.82) is 5.41 Å². The van der Waals surface area contributed by atoms with Crippen molar-refractivity contribution >= 4 is 41.1 Å². The monoisotopic (exact) mass is 577 g/mol. The van der Waals surface area contributed by atoms with E-state index in [2.05, 4.69) is 30.0 Å². The second-order valence-electron chi connectivity index (χ2n) is 13.2. The molecule has 4 aliphatic rings. The first-order valence-electron chi connectivity index (χ1n) is 14.6. The number of aromatic nitrogens is 2. The maximum absolute atomic E-state index is 12.3. The highest BCUT2D eigenvalue weighted by atomic mass is 35.5. The Hall–Kier alpha value is -3.33. The first kappa shape index (κ1) is 27.8. The summed E-state index contributed by atoms with van der Waals surface area (Å²) in [5.41, 5.74) is 11.2. The van der Waals surface area contributed by atoms with Crippen molar-refractivity contribution in [1.82, 2.24) is 19.6 Å². The molecule has 2 saturated heterocycles. The van der Waals surface area contributed by atoms with E-state index in [1.807, 2.05) is 22.8 Å². The number of carbonyl (C=O) groups excluding carboxylic acids is 2. The van der Waals surface area contributed by atoms with Crippen molar-refractivity contribution in [3.63, 3.8) is 0 Å². The number of nitrogens with two attached hydrogens (primary N) is 1. The van der Waals surface area contributed by atoms with Gasteiger partial charge >= 0.3 is 0 Å². The van der Waals surface area contributed by atoms with Gasteiger partial charge < -0.3 is 25.8 Å². The van der Waals surface area contributed by atoms with E-state index in [1.54, 1.807) is 6.92 Å². The zero-order valence-electron chi connectivity index (χ0n) is 24.5. The zero-order chi connectivity index (χ0) is 29.4. The third kappa shape index (κ3) is 4.44. The number of amides is 2. The van der Waals surface area contributed by atoms with Crippen LogP contribution in [0.15, 0.2) is 18.7 Å². The smallest absolute Gasteiger partial charge is 0.245 e. The predicted molar refractivity (Wildman–Crippen MR) is 163 cm³/mol. The maximum atomic E-state index is 12.3. The van der Waals surface area contributed by atoms with Gasteiger partial charge in [-0.3, -0.25) is 14.3 Å². The van der Waals surface area contributed by atoms with Crippen molar-refractivity contribution in [2.45, 2.75) is 70.9 Å². The largest absolute Gasteiger partial charge is 0.398 e. The van der Waals surface area contributed by atoms with Gasteiger partial charge in [0.15, 0.2) is 5.82 Å². The second-order valence-corrected chi connectivity index (χ2v) is 13.6. The normalized spacial score (nSPS) is 21.4. The van der Waals surface area contributed by atoms with E-state index in [0.717, 1.165) is 61.3 Å². The number of anilines is 2. The average molecular weight is 578 g/mol. The molecule has 0 atom stereocenters. The van der Waals surface area contributed by atoms with Crippen LogP contribution in [-0.4, -0.2) is 75.9 Å². The molecular weight excluding hydrogens is 538 g/mol. The van der Waals surface area contributed by atoms with Gasteiger partial charge in [-0.15, -0.1) is 0 Å². The molecule has 4 fully saturated rings. The number of carbonyl (C=O) groups is 2. The van der Waals surface area contributed by atoms with Gasteiger partial charge in [-0.05, 0) is 64.2 Å². The van der Waals surface area contributed by atoms with E-state index in [4.69, 9.17) is 27.8 Å². The Labute approximate surface area is 246 Å². The number of hydrogen-bond acceptors (Lipinski definition) is 6. The first-order valence-corrected chi connectivity index (χ1v) is 14.9. The molecule has 10 heteroatoms. The van der Waals surface area contributed by atoms with Gasteiger partial charge in [0.1, 0.15) is 0 Å². The molecule has 6 rings (SSSR count). The highest BCUT2D eigenvalue weighted by Gasteiger charge is 2.55. The molecule has 3 heterocycles. The molecule has 2 saturated carbocycles. The molecule has 1 aromatic heterocycles. The molecule has 2 aliphatic heterocycles. The summed E-state index contributed by atoms with van der Waals surface area (Å²) in [4.78, 5) is 30.5. The molecule has 218 valence electrons. The van der Waals surface area contributed by atoms with Crippen LogP contribution in [-0.2, 0) is 9.59 Å². The summed E-state index contributed by atoms with van der Waals surface area (Å²) in [7, 11) is 0. The van der Waals surface area contributed by atoms with Gasteiger partial charge in [0.2, 0.25) is 11.8 Å². The summed E-state index contributed by atoms with van der Waals surface area (Å²) in [6.07, 6.45) is 6.81. The molecule has 41 heavy (non-hydrogen) atoms. The lowest BCUT2D eigenvalue weighted by Gasteiger charge is -2.58. The van der Waals surface area contributed by atoms with Crippen molar-refractivity contribution in [2.75, 3.05) is 43.4 Å². The number of halogens is 1. The fourth-order valence-electron chi connectivity index (χ4n) is 7.36. The maximum Gasteiger partial charge on any atom is 0.245 e. The van der Waals surface area contributed by atoms with E-state index in [-0.39, 0.29) is 28.8 Å². The van der Waals surface area contributed by atoms with Gasteiger partial charge in [0.25, 0.3) is 0 Å². The summed E-state index contributed by atoms with van der Waals surface area (Å²) in [5.74, 6) is 1.29. The minimum absolute atomic E-state index is 0.000748. The number of nitrogen functional groups attached to an aromatic ring is 1. The molecule has 3 N–H and O–H groups in total. The molecule has 0 unspecified atom stereocenters. The lowest BCUT2D eigenvalue weighted by atomic mass is 9.60. The molecule has 0 radical (unpaired) electrons. The number of aryl methyl sites for hydroxylation is 1. The van der Waals surface area contributed by atoms with Crippen LogP contribution in [0.3, 0.4) is 0 Å². The van der Waals surface area contributed by atoms with Crippen LogP contribution in [0.1, 0.15) is 75.2 Å². The molecule has 1 spiro atoms. The molecule has 2 aromatic rings. The highest BCUT2D eigenvalue weighted by Crippen LogP contribution is 2.58. The van der Waals surface area contributed by atoms with Crippen LogP contribution in [0.4, 0.5) is 11.5 Å². The Bertz CT molecular complexity index is 1460. The molecule has 2 aliphatic carbocycles. The highest BCUT2D eigenvalue weighted by molar-refractivity contribution is 6.35. The topological polar surface area (TPSA) is 112 Å². The summed E-state index contributed by atoms with van der Waals surface area (Å²) < 4.78 is 2.25. The quantitative estimate of drug-likeness (QED) is 0.292. The first-order chi connectivity index (χ1) is 19.4. The lowest BCUT2D eigenvalue weighted by Crippen LogP contribution is -2.63. The van der Waals surface area contributed by atoms with Crippen molar-refractivity contribution in [3.05, 3.63) is 40.6 Å². The average Bonchev–Trinajstić information content (AvgIpc) is 3.64. The van der Waals surface area contributed by atoms with Gasteiger partial charge in [0, 0.05) is 79.6 Å². The number of nitrogens with zero attached hydrogens (tertiary/aromatic N) is 5. The van der Waals surface area contributed by atoms with Crippen LogP contribution in [0.25, 0.3) is 11.1 Å². The molecule has 0 bridgehead atoms. The van der Waals surface area contributed by atoms with Crippen LogP contribution >= 0.6 is 11.6 Å². The predicted octanol–water partition coefficient (Wildman–Crippen LogP) is 4.77. The summed E-state index contributed by atoms with van der Waals surface area (Å²) in [6, 6.07) is 2.07. The Balaban J connectivity index is 1.48. The van der Waals surface area contributed by atoms with Crippen LogP contribution in [0.2, 0.25) is 5.02 Å². The fraction of sp³-hybridized carbons (Fsp3) is 0.548. The number of nitrogens with one attached hydrogen (secondary N) is 1. The van der Waals surface area contributed by atoms with Crippen LogP contribution in [0, 0.1) is 17.7 Å². The van der Waals surface area contributed by atoms with Crippen molar-refractivity contribution in [3.8, 4) is 11.1 Å². The SMILES string of the molecule is C=CC(=O)N1CC2(CC(n3nc(N4CCN(C(C)=O)CC4(C)C)c(-c4c(Cl)c(C)cc(N)c4C=N)c3C3CC3)C2)C1. The molecule has 2 amide bonds. The fourth-order valence-corrected chi connectivity index (χ4v) is 7.61. The third-order valence-electron chi connectivity index (χ3n) is 9.63. The van der Waals surface area contributed by atoms with Gasteiger partial charge in [-0.2, -0.15) is 5.10 Å². The van der Waals surface area contributed by atoms with Crippen molar-refractivity contribution < 1.29 is 9.59 Å². The molecule has 1 aromatic carbocycles. The van der Waals surface area contributed by atoms with Crippen molar-refractivity contribution in [2.24, 2.45) is 5.41 Å². The Kier molecular flexibility index (Phi) is 6.52. The molecular formula is C31H40ClN7O2. The third-order valence-corrected chi connectivity index (χ3v) is 10.1. The van der Waals surface area contributed by atoms with E-state index in [9.17, 15) is 9.59 Å². The Morgan fingerprint density at radius 2 is 1.83 bits per heavy atom. The van der Waals surface area contributed by atoms with Crippen LogP contribution < -0.4 is 10.6 Å². The van der Waals surface area contributed by atoms with E-state index < -0.39 is 0 Å². The Morgan fingerprint density at radius 1 is 1.15 bits per heavy atom.